The summed E-state index contributed by atoms with van der Waals surface area (Å²) < 4.78 is 0. The molecule has 1 atom stereocenters. The molecule has 0 N–H and O–H groups in total. The van der Waals surface area contributed by atoms with E-state index in [-0.39, 0.29) is 5.92 Å². The van der Waals surface area contributed by atoms with E-state index in [1.165, 1.54) is 19.3 Å². The first-order valence-electron chi connectivity index (χ1n) is 5.92. The molecule has 1 amide bonds. The molecule has 0 aromatic heterocycles. The van der Waals surface area contributed by atoms with Crippen LogP contribution in [0, 0.1) is 5.92 Å². The SMILES string of the molecule is CCCCCC(CC)C(=O)N(C)CC. The minimum absolute atomic E-state index is 0.256. The third-order valence-corrected chi connectivity index (χ3v) is 2.85. The number of nitrogens with zero attached hydrogens (tertiary/aromatic N) is 1. The average Bonchev–Trinajstić information content (AvgIpc) is 2.22. The highest BCUT2D eigenvalue weighted by Crippen LogP contribution is 2.15. The largest absolute Gasteiger partial charge is 0.346 e. The van der Waals surface area contributed by atoms with E-state index >= 15 is 0 Å². The van der Waals surface area contributed by atoms with Gasteiger partial charge in [-0.1, -0.05) is 33.1 Å². The summed E-state index contributed by atoms with van der Waals surface area (Å²) in [7, 11) is 1.89. The fourth-order valence-corrected chi connectivity index (χ4v) is 1.61. The van der Waals surface area contributed by atoms with Crippen LogP contribution in [0.15, 0.2) is 0 Å². The first kappa shape index (κ1) is 13.5. The highest BCUT2D eigenvalue weighted by atomic mass is 16.2. The number of carbonyl (C=O) groups is 1. The summed E-state index contributed by atoms with van der Waals surface area (Å²) in [6, 6.07) is 0. The molecule has 84 valence electrons. The maximum atomic E-state index is 11.8. The van der Waals surface area contributed by atoms with E-state index in [0.29, 0.717) is 5.91 Å². The molecule has 0 aliphatic rings. The van der Waals surface area contributed by atoms with Crippen molar-refractivity contribution in [2.45, 2.75) is 52.9 Å². The van der Waals surface area contributed by atoms with Gasteiger partial charge in [-0.15, -0.1) is 0 Å². The second kappa shape index (κ2) is 7.84. The highest BCUT2D eigenvalue weighted by molar-refractivity contribution is 5.78. The summed E-state index contributed by atoms with van der Waals surface area (Å²) in [4.78, 5) is 13.7. The lowest BCUT2D eigenvalue weighted by Crippen LogP contribution is -2.32. The summed E-state index contributed by atoms with van der Waals surface area (Å²) in [6.07, 6.45) is 5.71. The third-order valence-electron chi connectivity index (χ3n) is 2.85. The van der Waals surface area contributed by atoms with Crippen molar-refractivity contribution in [2.75, 3.05) is 13.6 Å². The fraction of sp³-hybridized carbons (Fsp3) is 0.917. The van der Waals surface area contributed by atoms with Crippen LogP contribution in [0.1, 0.15) is 52.9 Å². The lowest BCUT2D eigenvalue weighted by Gasteiger charge is -2.21. The number of rotatable bonds is 7. The van der Waals surface area contributed by atoms with Crippen LogP contribution < -0.4 is 0 Å². The maximum absolute atomic E-state index is 11.8. The average molecular weight is 199 g/mol. The van der Waals surface area contributed by atoms with Crippen molar-refractivity contribution >= 4 is 5.91 Å². The van der Waals surface area contributed by atoms with Crippen molar-refractivity contribution in [3.63, 3.8) is 0 Å². The van der Waals surface area contributed by atoms with Crippen LogP contribution >= 0.6 is 0 Å². The van der Waals surface area contributed by atoms with Gasteiger partial charge in [0.05, 0.1) is 0 Å². The molecular formula is C12H25NO. The molecule has 0 heterocycles. The van der Waals surface area contributed by atoms with Gasteiger partial charge >= 0.3 is 0 Å². The van der Waals surface area contributed by atoms with Crippen LogP contribution in [0.4, 0.5) is 0 Å². The monoisotopic (exact) mass is 199 g/mol. The molecule has 0 aliphatic carbocycles. The first-order chi connectivity index (χ1) is 6.67. The number of hydrogen-bond donors (Lipinski definition) is 0. The lowest BCUT2D eigenvalue weighted by molar-refractivity contribution is -0.134. The molecule has 0 saturated heterocycles. The first-order valence-corrected chi connectivity index (χ1v) is 5.92. The van der Waals surface area contributed by atoms with E-state index in [1.807, 2.05) is 18.9 Å². The van der Waals surface area contributed by atoms with E-state index in [0.717, 1.165) is 19.4 Å². The minimum atomic E-state index is 0.256. The summed E-state index contributed by atoms with van der Waals surface area (Å²) >= 11 is 0. The minimum Gasteiger partial charge on any atom is -0.346 e. The van der Waals surface area contributed by atoms with Crippen molar-refractivity contribution in [1.29, 1.82) is 0 Å². The molecule has 2 heteroatoms. The zero-order chi connectivity index (χ0) is 11.0. The van der Waals surface area contributed by atoms with Crippen LogP contribution in [-0.4, -0.2) is 24.4 Å². The normalized spacial score (nSPS) is 12.6. The van der Waals surface area contributed by atoms with E-state index < -0.39 is 0 Å². The number of amides is 1. The Balaban J connectivity index is 3.92. The van der Waals surface area contributed by atoms with Crippen LogP contribution in [0.25, 0.3) is 0 Å². The summed E-state index contributed by atoms with van der Waals surface area (Å²) in [6.45, 7) is 7.15. The van der Waals surface area contributed by atoms with Gasteiger partial charge in [-0.3, -0.25) is 4.79 Å². The van der Waals surface area contributed by atoms with Gasteiger partial charge in [0.15, 0.2) is 0 Å². The molecule has 0 aromatic rings. The van der Waals surface area contributed by atoms with E-state index in [9.17, 15) is 4.79 Å². The zero-order valence-electron chi connectivity index (χ0n) is 10.2. The molecule has 0 radical (unpaired) electrons. The Kier molecular flexibility index (Phi) is 7.54. The van der Waals surface area contributed by atoms with Crippen molar-refractivity contribution in [3.05, 3.63) is 0 Å². The van der Waals surface area contributed by atoms with Crippen LogP contribution in [0.2, 0.25) is 0 Å². The zero-order valence-corrected chi connectivity index (χ0v) is 10.2. The van der Waals surface area contributed by atoms with Gasteiger partial charge in [-0.25, -0.2) is 0 Å². The Morgan fingerprint density at radius 2 is 1.86 bits per heavy atom. The molecule has 0 aromatic carbocycles. The molecule has 0 bridgehead atoms. The van der Waals surface area contributed by atoms with Gasteiger partial charge in [0.25, 0.3) is 0 Å². The number of unbranched alkanes of at least 4 members (excludes halogenated alkanes) is 2. The van der Waals surface area contributed by atoms with Crippen molar-refractivity contribution in [3.8, 4) is 0 Å². The van der Waals surface area contributed by atoms with E-state index in [1.54, 1.807) is 0 Å². The Morgan fingerprint density at radius 1 is 1.21 bits per heavy atom. The second-order valence-corrected chi connectivity index (χ2v) is 3.95. The van der Waals surface area contributed by atoms with Gasteiger partial charge in [-0.05, 0) is 19.8 Å². The summed E-state index contributed by atoms with van der Waals surface area (Å²) in [5.41, 5.74) is 0. The highest BCUT2D eigenvalue weighted by Gasteiger charge is 2.18. The molecule has 0 saturated carbocycles. The molecule has 2 nitrogen and oxygen atoms in total. The van der Waals surface area contributed by atoms with Crippen LogP contribution in [0.3, 0.4) is 0 Å². The molecule has 0 rings (SSSR count). The third kappa shape index (κ3) is 4.64. The second-order valence-electron chi connectivity index (χ2n) is 3.95. The standard InChI is InChI=1S/C12H25NO/c1-5-8-9-10-11(6-2)12(14)13(4)7-3/h11H,5-10H2,1-4H3. The van der Waals surface area contributed by atoms with Gasteiger partial charge < -0.3 is 4.90 Å². The van der Waals surface area contributed by atoms with Gasteiger partial charge in [-0.2, -0.15) is 0 Å². The van der Waals surface area contributed by atoms with Gasteiger partial charge in [0, 0.05) is 19.5 Å². The van der Waals surface area contributed by atoms with Crippen LogP contribution in [0.5, 0.6) is 0 Å². The van der Waals surface area contributed by atoms with Crippen LogP contribution in [-0.2, 0) is 4.79 Å². The lowest BCUT2D eigenvalue weighted by atomic mass is 9.97. The molecule has 1 unspecified atom stereocenters. The summed E-state index contributed by atoms with van der Waals surface area (Å²) in [5, 5.41) is 0. The van der Waals surface area contributed by atoms with E-state index in [4.69, 9.17) is 0 Å². The van der Waals surface area contributed by atoms with Crippen molar-refractivity contribution in [1.82, 2.24) is 4.90 Å². The van der Waals surface area contributed by atoms with E-state index in [2.05, 4.69) is 13.8 Å². The Morgan fingerprint density at radius 3 is 2.29 bits per heavy atom. The fourth-order valence-electron chi connectivity index (χ4n) is 1.61. The van der Waals surface area contributed by atoms with Crippen molar-refractivity contribution < 1.29 is 4.79 Å². The molecule has 14 heavy (non-hydrogen) atoms. The molecule has 0 aliphatic heterocycles. The smallest absolute Gasteiger partial charge is 0.225 e. The predicted octanol–water partition coefficient (Wildman–Crippen LogP) is 3.07. The molecular weight excluding hydrogens is 174 g/mol. The maximum Gasteiger partial charge on any atom is 0.225 e. The van der Waals surface area contributed by atoms with Gasteiger partial charge in [0.1, 0.15) is 0 Å². The molecule has 0 spiro atoms. The molecule has 0 fully saturated rings. The van der Waals surface area contributed by atoms with Crippen molar-refractivity contribution in [2.24, 2.45) is 5.92 Å². The Bertz CT molecular complexity index is 156. The quantitative estimate of drug-likeness (QED) is 0.577. The predicted molar refractivity (Wildman–Crippen MR) is 61.2 cm³/mol. The number of hydrogen-bond acceptors (Lipinski definition) is 1. The Labute approximate surface area is 88.7 Å². The Hall–Kier alpha value is -0.530. The topological polar surface area (TPSA) is 20.3 Å². The number of carbonyl (C=O) groups excluding carboxylic acids is 1. The summed E-state index contributed by atoms with van der Waals surface area (Å²) in [5.74, 6) is 0.581. The van der Waals surface area contributed by atoms with Gasteiger partial charge in [0.2, 0.25) is 5.91 Å².